The minimum Gasteiger partial charge on any atom is -0.480 e. The van der Waals surface area contributed by atoms with Gasteiger partial charge in [-0.3, -0.25) is 9.59 Å². The minimum absolute atomic E-state index is 0.172. The second-order valence-electron chi connectivity index (χ2n) is 14.7. The Morgan fingerprint density at radius 3 is 1.57 bits per heavy atom. The van der Waals surface area contributed by atoms with Crippen LogP contribution in [0, 0.1) is 0 Å². The molecule has 0 saturated carbocycles. The van der Waals surface area contributed by atoms with Gasteiger partial charge in [0.05, 0.1) is 0 Å². The van der Waals surface area contributed by atoms with E-state index in [9.17, 15) is 19.5 Å². The summed E-state index contributed by atoms with van der Waals surface area (Å²) in [7, 11) is 0. The number of ether oxygens (including phenoxy) is 1. The van der Waals surface area contributed by atoms with Gasteiger partial charge in [-0.25, -0.2) is 4.79 Å². The molecule has 0 bridgehead atoms. The summed E-state index contributed by atoms with van der Waals surface area (Å²) in [4.78, 5) is 36.6. The van der Waals surface area contributed by atoms with Crippen LogP contribution in [0.5, 0.6) is 0 Å². The van der Waals surface area contributed by atoms with E-state index in [-0.39, 0.29) is 24.4 Å². The van der Waals surface area contributed by atoms with E-state index < -0.39 is 12.0 Å². The maximum atomic E-state index is 12.8. The molecule has 0 spiro atoms. The number of allylic oxidation sites excluding steroid dienone is 13. The van der Waals surface area contributed by atoms with Crippen molar-refractivity contribution in [2.24, 2.45) is 5.73 Å². The van der Waals surface area contributed by atoms with E-state index in [2.05, 4.69) is 92.1 Å². The molecular formula is C49H82N2O5. The van der Waals surface area contributed by atoms with E-state index in [1.807, 2.05) is 12.2 Å². The second kappa shape index (κ2) is 42.7. The number of nitrogens with two attached hydrogens (primary N) is 1. The molecule has 2 unspecified atom stereocenters. The summed E-state index contributed by atoms with van der Waals surface area (Å²) in [5, 5.41) is 12.0. The highest BCUT2D eigenvalue weighted by Gasteiger charge is 2.19. The molecular weight excluding hydrogens is 697 g/mol. The molecule has 0 aliphatic heterocycles. The van der Waals surface area contributed by atoms with Gasteiger partial charge in [-0.1, -0.05) is 151 Å². The second-order valence-corrected chi connectivity index (χ2v) is 14.7. The smallest absolute Gasteiger partial charge is 0.326 e. The predicted octanol–water partition coefficient (Wildman–Crippen LogP) is 12.9. The first-order valence-corrected chi connectivity index (χ1v) is 22.4. The van der Waals surface area contributed by atoms with Gasteiger partial charge < -0.3 is 20.9 Å². The molecule has 0 saturated heterocycles. The number of carbonyl (C=O) groups is 3. The number of unbranched alkanes of at least 4 members (excludes halogenated alkanes) is 13. The summed E-state index contributed by atoms with van der Waals surface area (Å²) in [6, 6.07) is -0.915. The van der Waals surface area contributed by atoms with Crippen molar-refractivity contribution in [1.29, 1.82) is 0 Å². The monoisotopic (exact) mass is 779 g/mol. The third kappa shape index (κ3) is 38.8. The van der Waals surface area contributed by atoms with Crippen molar-refractivity contribution in [3.8, 4) is 0 Å². The normalized spacial score (nSPS) is 13.5. The van der Waals surface area contributed by atoms with Gasteiger partial charge in [-0.05, 0) is 115 Å². The van der Waals surface area contributed by atoms with Crippen LogP contribution in [0.3, 0.4) is 0 Å². The molecule has 0 fully saturated rings. The van der Waals surface area contributed by atoms with Crippen molar-refractivity contribution in [3.63, 3.8) is 0 Å². The number of hydrogen-bond acceptors (Lipinski definition) is 5. The highest BCUT2D eigenvalue weighted by molar-refractivity contribution is 5.83. The fourth-order valence-corrected chi connectivity index (χ4v) is 6.07. The quantitative estimate of drug-likeness (QED) is 0.0325. The largest absolute Gasteiger partial charge is 0.480 e. The van der Waals surface area contributed by atoms with Gasteiger partial charge in [0.15, 0.2) is 0 Å². The van der Waals surface area contributed by atoms with Crippen LogP contribution in [0.4, 0.5) is 0 Å². The van der Waals surface area contributed by atoms with Crippen molar-refractivity contribution in [3.05, 3.63) is 85.1 Å². The molecule has 0 radical (unpaired) electrons. The summed E-state index contributed by atoms with van der Waals surface area (Å²) in [6.45, 7) is 4.77. The van der Waals surface area contributed by atoms with Gasteiger partial charge in [-0.15, -0.1) is 0 Å². The number of rotatable bonds is 39. The Balaban J connectivity index is 4.47. The number of amides is 1. The van der Waals surface area contributed by atoms with Gasteiger partial charge >= 0.3 is 11.9 Å². The molecule has 0 rings (SSSR count). The topological polar surface area (TPSA) is 119 Å². The maximum absolute atomic E-state index is 12.8. The predicted molar refractivity (Wildman–Crippen MR) is 238 cm³/mol. The fourth-order valence-electron chi connectivity index (χ4n) is 6.07. The van der Waals surface area contributed by atoms with Crippen LogP contribution in [0.15, 0.2) is 85.1 Å². The number of carbonyl (C=O) groups excluding carboxylic acids is 2. The third-order valence-electron chi connectivity index (χ3n) is 9.43. The lowest BCUT2D eigenvalue weighted by atomic mass is 10.1. The summed E-state index contributed by atoms with van der Waals surface area (Å²) in [6.07, 6.45) is 56.3. The average molecular weight is 779 g/mol. The van der Waals surface area contributed by atoms with Crippen LogP contribution in [-0.2, 0) is 19.1 Å². The summed E-state index contributed by atoms with van der Waals surface area (Å²) in [5.41, 5.74) is 5.50. The van der Waals surface area contributed by atoms with E-state index in [1.165, 1.54) is 70.6 Å². The molecule has 0 heterocycles. The van der Waals surface area contributed by atoms with Crippen LogP contribution in [0.2, 0.25) is 0 Å². The minimum atomic E-state index is -1.04. The average Bonchev–Trinajstić information content (AvgIpc) is 3.18. The van der Waals surface area contributed by atoms with Crippen LogP contribution in [0.1, 0.15) is 187 Å². The number of hydrogen-bond donors (Lipinski definition) is 3. The first kappa shape index (κ1) is 52.6. The summed E-state index contributed by atoms with van der Waals surface area (Å²) >= 11 is 0. The van der Waals surface area contributed by atoms with E-state index in [0.717, 1.165) is 57.8 Å². The number of carboxylic acids is 1. The Hall–Kier alpha value is -3.45. The lowest BCUT2D eigenvalue weighted by Gasteiger charge is -2.16. The lowest BCUT2D eigenvalue weighted by Crippen LogP contribution is -2.40. The van der Waals surface area contributed by atoms with Crippen LogP contribution in [-0.4, -0.2) is 41.6 Å². The van der Waals surface area contributed by atoms with Gasteiger partial charge in [0, 0.05) is 12.8 Å². The molecule has 0 aromatic rings. The van der Waals surface area contributed by atoms with E-state index in [0.29, 0.717) is 45.1 Å². The van der Waals surface area contributed by atoms with Gasteiger partial charge in [-0.2, -0.15) is 0 Å². The Morgan fingerprint density at radius 2 is 1.04 bits per heavy atom. The number of carboxylic acid groups (broad SMARTS) is 1. The Kier molecular flexibility index (Phi) is 40.1. The van der Waals surface area contributed by atoms with Crippen molar-refractivity contribution in [2.75, 3.05) is 6.54 Å². The van der Waals surface area contributed by atoms with E-state index >= 15 is 0 Å². The number of aliphatic carboxylic acids is 1. The fraction of sp³-hybridized carbons (Fsp3) is 0.653. The Morgan fingerprint density at radius 1 is 0.554 bits per heavy atom. The molecule has 7 nitrogen and oxygen atoms in total. The van der Waals surface area contributed by atoms with Crippen molar-refractivity contribution < 1.29 is 24.2 Å². The molecule has 2 atom stereocenters. The zero-order valence-electron chi connectivity index (χ0n) is 35.7. The molecule has 1 amide bonds. The molecule has 56 heavy (non-hydrogen) atoms. The molecule has 318 valence electrons. The molecule has 4 N–H and O–H groups in total. The zero-order chi connectivity index (χ0) is 41.0. The van der Waals surface area contributed by atoms with Gasteiger partial charge in [0.1, 0.15) is 12.1 Å². The SMILES string of the molecule is CC/C=C\C/C=C\C/C=C\C/C=C\C/C=C\C(CCCCC(=O)NC(CCCN)C(=O)O)OC(=O)CCCCCCCCCCC/C=C\C/C=C\CCCCC. The standard InChI is InChI=1S/C49H82N2O5/c1-3-5-7-9-11-13-15-17-19-20-21-22-23-25-27-29-31-33-35-43-48(53)56-45(40-36-37-42-47(52)51-46(49(54)55)41-38-44-50)39-34-32-30-28-26-24-18-16-14-12-10-8-6-4-2/h6,8,11-14,17-19,24,28,30,34,39,45-46H,3-5,7,9-10,15-16,20-23,25-27,29,31-33,35-38,40-44,50H2,1-2H3,(H,51,52)(H,54,55)/b8-6-,13-11-,14-12-,19-17-,24-18-,30-28-,39-34-. The lowest BCUT2D eigenvalue weighted by molar-refractivity contribution is -0.147. The summed E-state index contributed by atoms with van der Waals surface area (Å²) in [5.74, 6) is -1.49. The van der Waals surface area contributed by atoms with Gasteiger partial charge in [0.25, 0.3) is 0 Å². The van der Waals surface area contributed by atoms with Crippen molar-refractivity contribution in [2.45, 2.75) is 199 Å². The van der Waals surface area contributed by atoms with Crippen LogP contribution >= 0.6 is 0 Å². The Bertz CT molecular complexity index is 1150. The van der Waals surface area contributed by atoms with Crippen LogP contribution in [0.25, 0.3) is 0 Å². The molecule has 0 aromatic heterocycles. The highest BCUT2D eigenvalue weighted by atomic mass is 16.5. The summed E-state index contributed by atoms with van der Waals surface area (Å²) < 4.78 is 5.88. The van der Waals surface area contributed by atoms with Crippen molar-refractivity contribution in [1.82, 2.24) is 5.32 Å². The first-order chi connectivity index (χ1) is 27.4. The Labute approximate surface area is 343 Å². The van der Waals surface area contributed by atoms with Crippen LogP contribution < -0.4 is 11.1 Å². The maximum Gasteiger partial charge on any atom is 0.326 e. The molecule has 7 heteroatoms. The molecule has 0 aliphatic carbocycles. The number of esters is 1. The highest BCUT2D eigenvalue weighted by Crippen LogP contribution is 2.15. The zero-order valence-corrected chi connectivity index (χ0v) is 35.7. The molecule has 0 aromatic carbocycles. The van der Waals surface area contributed by atoms with Crippen molar-refractivity contribution >= 4 is 17.8 Å². The number of nitrogens with one attached hydrogen (secondary N) is 1. The van der Waals surface area contributed by atoms with E-state index in [4.69, 9.17) is 10.5 Å². The van der Waals surface area contributed by atoms with E-state index in [1.54, 1.807) is 0 Å². The third-order valence-corrected chi connectivity index (χ3v) is 9.43. The van der Waals surface area contributed by atoms with Gasteiger partial charge in [0.2, 0.25) is 5.91 Å². The first-order valence-electron chi connectivity index (χ1n) is 22.4. The molecule has 0 aliphatic rings.